The Hall–Kier alpha value is -3.00. The molecule has 0 saturated carbocycles. The van der Waals surface area contributed by atoms with Gasteiger partial charge in [-0.1, -0.05) is 66.7 Å². The average molecular weight is 284 g/mol. The molecule has 2 nitrogen and oxygen atoms in total. The van der Waals surface area contributed by atoms with Gasteiger partial charge in [-0.2, -0.15) is 0 Å². The van der Waals surface area contributed by atoms with E-state index < -0.39 is 0 Å². The van der Waals surface area contributed by atoms with Crippen LogP contribution in [0.3, 0.4) is 0 Å². The lowest BCUT2D eigenvalue weighted by molar-refractivity contribution is 0.100. The van der Waals surface area contributed by atoms with E-state index in [1.54, 1.807) is 24.3 Å². The molecule has 0 N–H and O–H groups in total. The molecule has 1 aromatic rings. The molecule has 4 rings (SSSR count). The first-order chi connectivity index (χ1) is 10.8. The van der Waals surface area contributed by atoms with Crippen LogP contribution in [0.5, 0.6) is 0 Å². The van der Waals surface area contributed by atoms with Crippen LogP contribution in [-0.4, -0.2) is 11.6 Å². The molecular weight excluding hydrogens is 272 g/mol. The number of fused-ring (bicyclic) bond motifs is 2. The summed E-state index contributed by atoms with van der Waals surface area (Å²) in [5, 5.41) is 0. The van der Waals surface area contributed by atoms with Crippen LogP contribution in [0.4, 0.5) is 0 Å². The highest BCUT2D eigenvalue weighted by Crippen LogP contribution is 2.36. The zero-order valence-electron chi connectivity index (χ0n) is 11.7. The second-order valence-corrected chi connectivity index (χ2v) is 5.32. The highest BCUT2D eigenvalue weighted by molar-refractivity contribution is 6.39. The molecule has 22 heavy (non-hydrogen) atoms. The van der Waals surface area contributed by atoms with Gasteiger partial charge in [-0.05, 0) is 22.8 Å². The Balaban J connectivity index is 1.91. The predicted octanol–water partition coefficient (Wildman–Crippen LogP) is 4.25. The molecule has 3 aliphatic rings. The van der Waals surface area contributed by atoms with Crippen molar-refractivity contribution in [2.45, 2.75) is 0 Å². The zero-order valence-corrected chi connectivity index (χ0v) is 11.7. The van der Waals surface area contributed by atoms with E-state index in [0.717, 1.165) is 16.7 Å². The number of carbonyl (C=O) groups excluding carboxylic acids is 2. The van der Waals surface area contributed by atoms with Gasteiger partial charge in [-0.15, -0.1) is 0 Å². The molecule has 0 fully saturated rings. The standard InChI is InChI=1S/C20H12O2/c21-19-12-18(20(22)17-9-5-4-8-16(17)19)15-11-10-13-6-2-1-3-7-14(13)15/h1-12H. The summed E-state index contributed by atoms with van der Waals surface area (Å²) in [5.74, 6) is -0.200. The summed E-state index contributed by atoms with van der Waals surface area (Å²) in [5.41, 5.74) is 4.30. The molecule has 0 spiro atoms. The summed E-state index contributed by atoms with van der Waals surface area (Å²) in [4.78, 5) is 25.1. The van der Waals surface area contributed by atoms with Crippen molar-refractivity contribution in [2.24, 2.45) is 0 Å². The molecule has 0 radical (unpaired) electrons. The molecule has 0 aromatic heterocycles. The lowest BCUT2D eigenvalue weighted by Crippen LogP contribution is -2.15. The first-order valence-electron chi connectivity index (χ1n) is 7.13. The van der Waals surface area contributed by atoms with Gasteiger partial charge in [0.05, 0.1) is 0 Å². The normalized spacial score (nSPS) is 13.9. The van der Waals surface area contributed by atoms with Gasteiger partial charge in [-0.25, -0.2) is 0 Å². The fraction of sp³-hybridized carbons (Fsp3) is 0. The zero-order chi connectivity index (χ0) is 15.1. The maximum Gasteiger partial charge on any atom is 0.194 e. The van der Waals surface area contributed by atoms with Gasteiger partial charge in [0.1, 0.15) is 0 Å². The third-order valence-electron chi connectivity index (χ3n) is 4.04. The Bertz CT molecular complexity index is 918. The van der Waals surface area contributed by atoms with Gasteiger partial charge in [-0.3, -0.25) is 9.59 Å². The van der Waals surface area contributed by atoms with Gasteiger partial charge < -0.3 is 0 Å². The topological polar surface area (TPSA) is 34.1 Å². The smallest absolute Gasteiger partial charge is 0.194 e. The van der Waals surface area contributed by atoms with Crippen LogP contribution in [0.25, 0.3) is 16.7 Å². The van der Waals surface area contributed by atoms with Crippen LogP contribution >= 0.6 is 0 Å². The lowest BCUT2D eigenvalue weighted by atomic mass is 9.86. The fourth-order valence-corrected chi connectivity index (χ4v) is 2.97. The third-order valence-corrected chi connectivity index (χ3v) is 4.04. The number of allylic oxidation sites excluding steroid dienone is 2. The maximum absolute atomic E-state index is 12.8. The summed E-state index contributed by atoms with van der Waals surface area (Å²) in [6.07, 6.45) is 1.46. The van der Waals surface area contributed by atoms with Crippen molar-refractivity contribution < 1.29 is 9.59 Å². The Morgan fingerprint density at radius 1 is 0.545 bits per heavy atom. The summed E-state index contributed by atoms with van der Waals surface area (Å²) in [7, 11) is 0. The van der Waals surface area contributed by atoms with E-state index in [2.05, 4.69) is 0 Å². The Morgan fingerprint density at radius 3 is 2.09 bits per heavy atom. The average Bonchev–Trinajstić information content (AvgIpc) is 2.79. The molecule has 3 aliphatic carbocycles. The number of benzene rings is 1. The second kappa shape index (κ2) is 4.78. The molecule has 0 unspecified atom stereocenters. The third kappa shape index (κ3) is 1.81. The molecule has 0 bridgehead atoms. The molecule has 0 saturated heterocycles. The molecule has 1 aromatic carbocycles. The quantitative estimate of drug-likeness (QED) is 0.669. The van der Waals surface area contributed by atoms with E-state index in [4.69, 9.17) is 0 Å². The molecule has 0 atom stereocenters. The van der Waals surface area contributed by atoms with Crippen molar-refractivity contribution in [3.63, 3.8) is 0 Å². The van der Waals surface area contributed by atoms with E-state index in [1.165, 1.54) is 6.08 Å². The van der Waals surface area contributed by atoms with Crippen molar-refractivity contribution >= 4 is 17.1 Å². The second-order valence-electron chi connectivity index (χ2n) is 5.32. The monoisotopic (exact) mass is 284 g/mol. The molecule has 0 heterocycles. The SMILES string of the molecule is O=C1C=C(c2ccc3cccccc2-3)C(=O)c2ccccc21. The van der Waals surface area contributed by atoms with Crippen LogP contribution in [0.15, 0.2) is 72.8 Å². The minimum absolute atomic E-state index is 0.0887. The maximum atomic E-state index is 12.8. The van der Waals surface area contributed by atoms with Crippen molar-refractivity contribution in [1.82, 2.24) is 0 Å². The number of hydrogen-bond donors (Lipinski definition) is 0. The van der Waals surface area contributed by atoms with Gasteiger partial charge in [0, 0.05) is 16.7 Å². The first-order valence-corrected chi connectivity index (χ1v) is 7.13. The van der Waals surface area contributed by atoms with Gasteiger partial charge in [0.25, 0.3) is 0 Å². The minimum Gasteiger partial charge on any atom is -0.289 e. The molecule has 0 aliphatic heterocycles. The lowest BCUT2D eigenvalue weighted by Gasteiger charge is -2.15. The van der Waals surface area contributed by atoms with E-state index >= 15 is 0 Å². The summed E-state index contributed by atoms with van der Waals surface area (Å²) in [6.45, 7) is 0. The van der Waals surface area contributed by atoms with E-state index in [-0.39, 0.29) is 11.6 Å². The predicted molar refractivity (Wildman–Crippen MR) is 86.1 cm³/mol. The minimum atomic E-state index is -0.111. The van der Waals surface area contributed by atoms with E-state index in [9.17, 15) is 9.59 Å². The van der Waals surface area contributed by atoms with Crippen LogP contribution in [-0.2, 0) is 0 Å². The van der Waals surface area contributed by atoms with E-state index in [1.807, 2.05) is 42.5 Å². The summed E-state index contributed by atoms with van der Waals surface area (Å²) in [6, 6.07) is 20.7. The number of carbonyl (C=O) groups is 2. The van der Waals surface area contributed by atoms with Crippen LogP contribution in [0, 0.1) is 0 Å². The highest BCUT2D eigenvalue weighted by Gasteiger charge is 2.27. The Labute approximate surface area is 128 Å². The molecule has 0 amide bonds. The fourth-order valence-electron chi connectivity index (χ4n) is 2.97. The molecule has 104 valence electrons. The van der Waals surface area contributed by atoms with E-state index in [0.29, 0.717) is 16.7 Å². The highest BCUT2D eigenvalue weighted by atomic mass is 16.1. The van der Waals surface area contributed by atoms with Crippen LogP contribution in [0.1, 0.15) is 26.3 Å². The van der Waals surface area contributed by atoms with Crippen molar-refractivity contribution in [3.05, 3.63) is 89.5 Å². The van der Waals surface area contributed by atoms with Crippen molar-refractivity contribution in [1.29, 1.82) is 0 Å². The largest absolute Gasteiger partial charge is 0.289 e. The van der Waals surface area contributed by atoms with Crippen LogP contribution in [0.2, 0.25) is 0 Å². The summed E-state index contributed by atoms with van der Waals surface area (Å²) < 4.78 is 0. The van der Waals surface area contributed by atoms with Crippen molar-refractivity contribution in [3.8, 4) is 11.1 Å². The summed E-state index contributed by atoms with van der Waals surface area (Å²) >= 11 is 0. The number of rotatable bonds is 1. The number of hydrogen-bond acceptors (Lipinski definition) is 2. The first kappa shape index (κ1) is 12.7. The molecule has 2 heteroatoms. The van der Waals surface area contributed by atoms with Crippen molar-refractivity contribution in [2.75, 3.05) is 0 Å². The number of Topliss-reactive ketones (excluding diaryl/α,β-unsaturated/α-hetero) is 1. The number of ketones is 2. The van der Waals surface area contributed by atoms with Gasteiger partial charge >= 0.3 is 0 Å². The van der Waals surface area contributed by atoms with Gasteiger partial charge in [0.15, 0.2) is 11.6 Å². The Morgan fingerprint density at radius 2 is 1.23 bits per heavy atom. The van der Waals surface area contributed by atoms with Gasteiger partial charge in [0.2, 0.25) is 0 Å². The van der Waals surface area contributed by atoms with Crippen LogP contribution < -0.4 is 0 Å². The Kier molecular flexibility index (Phi) is 2.76. The molecular formula is C20H12O2.